The third-order valence-corrected chi connectivity index (χ3v) is 4.31. The van der Waals surface area contributed by atoms with E-state index in [4.69, 9.17) is 10.5 Å². The Morgan fingerprint density at radius 1 is 1.25 bits per heavy atom. The van der Waals surface area contributed by atoms with Crippen molar-refractivity contribution in [3.8, 4) is 0 Å². The summed E-state index contributed by atoms with van der Waals surface area (Å²) in [5.74, 6) is 0.652. The van der Waals surface area contributed by atoms with Crippen LogP contribution in [0.4, 0.5) is 4.79 Å². The zero-order valence-corrected chi connectivity index (χ0v) is 13.3. The lowest BCUT2D eigenvalue weighted by Gasteiger charge is -2.48. The average Bonchev–Trinajstić information content (AvgIpc) is 2.24. The van der Waals surface area contributed by atoms with E-state index >= 15 is 0 Å². The molecule has 0 aromatic carbocycles. The number of hydrogen-bond donors (Lipinski definition) is 1. The molecular formula is C15H29N3O2. The molecule has 2 rings (SSSR count). The predicted molar refractivity (Wildman–Crippen MR) is 79.5 cm³/mol. The first-order chi connectivity index (χ1) is 9.26. The molecule has 1 unspecified atom stereocenters. The average molecular weight is 283 g/mol. The molecule has 1 amide bonds. The Hall–Kier alpha value is -0.810. The van der Waals surface area contributed by atoms with E-state index in [1.54, 1.807) is 0 Å². The standard InChI is InChI=1S/C15H29N3O2/c1-11(16)12-9-18(10-12)13-5-7-17(8-6-13)14(19)20-15(2,3)4/h11-13H,5-10,16H2,1-4H3. The van der Waals surface area contributed by atoms with Crippen LogP contribution in [-0.2, 0) is 4.74 Å². The first-order valence-electron chi connectivity index (χ1n) is 7.74. The summed E-state index contributed by atoms with van der Waals surface area (Å²) in [6.07, 6.45) is 1.92. The van der Waals surface area contributed by atoms with Crippen molar-refractivity contribution in [2.75, 3.05) is 26.2 Å². The predicted octanol–water partition coefficient (Wildman–Crippen LogP) is 1.66. The van der Waals surface area contributed by atoms with Crippen molar-refractivity contribution in [2.24, 2.45) is 11.7 Å². The van der Waals surface area contributed by atoms with Gasteiger partial charge in [0.15, 0.2) is 0 Å². The van der Waals surface area contributed by atoms with Crippen LogP contribution in [0.3, 0.4) is 0 Å². The molecular weight excluding hydrogens is 254 g/mol. The summed E-state index contributed by atoms with van der Waals surface area (Å²) >= 11 is 0. The van der Waals surface area contributed by atoms with Gasteiger partial charge in [-0.25, -0.2) is 4.79 Å². The number of nitrogens with two attached hydrogens (primary N) is 1. The van der Waals surface area contributed by atoms with Crippen molar-refractivity contribution in [1.82, 2.24) is 9.80 Å². The topological polar surface area (TPSA) is 58.8 Å². The van der Waals surface area contributed by atoms with Gasteiger partial charge in [0.05, 0.1) is 0 Å². The highest BCUT2D eigenvalue weighted by Crippen LogP contribution is 2.26. The molecule has 2 saturated heterocycles. The SMILES string of the molecule is CC(N)C1CN(C2CCN(C(=O)OC(C)(C)C)CC2)C1. The second-order valence-corrected chi connectivity index (χ2v) is 7.27. The van der Waals surface area contributed by atoms with Crippen LogP contribution in [0.2, 0.25) is 0 Å². The highest BCUT2D eigenvalue weighted by molar-refractivity contribution is 5.68. The molecule has 0 aromatic heterocycles. The summed E-state index contributed by atoms with van der Waals surface area (Å²) in [6.45, 7) is 11.7. The number of rotatable bonds is 2. The van der Waals surface area contributed by atoms with E-state index in [-0.39, 0.29) is 6.09 Å². The normalized spacial score (nSPS) is 24.4. The van der Waals surface area contributed by atoms with Gasteiger partial charge in [0.25, 0.3) is 0 Å². The molecule has 0 radical (unpaired) electrons. The molecule has 0 saturated carbocycles. The zero-order chi connectivity index (χ0) is 14.9. The monoisotopic (exact) mass is 283 g/mol. The van der Waals surface area contributed by atoms with Crippen molar-refractivity contribution in [2.45, 2.75) is 58.2 Å². The van der Waals surface area contributed by atoms with Gasteiger partial charge in [-0.3, -0.25) is 4.90 Å². The molecule has 5 nitrogen and oxygen atoms in total. The second kappa shape index (κ2) is 5.90. The lowest BCUT2D eigenvalue weighted by Crippen LogP contribution is -2.59. The molecule has 2 aliphatic rings. The Morgan fingerprint density at radius 2 is 1.80 bits per heavy atom. The Morgan fingerprint density at radius 3 is 2.25 bits per heavy atom. The number of piperidine rings is 1. The first-order valence-corrected chi connectivity index (χ1v) is 7.74. The Balaban J connectivity index is 1.72. The van der Waals surface area contributed by atoms with E-state index in [0.717, 1.165) is 39.0 Å². The summed E-state index contributed by atoms with van der Waals surface area (Å²) in [5, 5.41) is 0. The van der Waals surface area contributed by atoms with Crippen LogP contribution in [0, 0.1) is 5.92 Å². The number of ether oxygens (including phenoxy) is 1. The zero-order valence-electron chi connectivity index (χ0n) is 13.3. The third kappa shape index (κ3) is 3.85. The van der Waals surface area contributed by atoms with E-state index < -0.39 is 5.60 Å². The fraction of sp³-hybridized carbons (Fsp3) is 0.933. The van der Waals surface area contributed by atoms with Crippen molar-refractivity contribution < 1.29 is 9.53 Å². The molecule has 1 atom stereocenters. The van der Waals surface area contributed by atoms with Crippen LogP contribution in [0.25, 0.3) is 0 Å². The van der Waals surface area contributed by atoms with Gasteiger partial charge in [-0.05, 0) is 46.5 Å². The third-order valence-electron chi connectivity index (χ3n) is 4.31. The highest BCUT2D eigenvalue weighted by Gasteiger charge is 2.36. The fourth-order valence-corrected chi connectivity index (χ4v) is 2.92. The summed E-state index contributed by atoms with van der Waals surface area (Å²) in [7, 11) is 0. The fourth-order valence-electron chi connectivity index (χ4n) is 2.92. The van der Waals surface area contributed by atoms with Gasteiger partial charge >= 0.3 is 6.09 Å². The summed E-state index contributed by atoms with van der Waals surface area (Å²) < 4.78 is 5.42. The van der Waals surface area contributed by atoms with Crippen LogP contribution < -0.4 is 5.73 Å². The van der Waals surface area contributed by atoms with Gasteiger partial charge in [0, 0.05) is 38.3 Å². The van der Waals surface area contributed by atoms with Gasteiger partial charge in [-0.2, -0.15) is 0 Å². The maximum absolute atomic E-state index is 12.0. The van der Waals surface area contributed by atoms with Crippen molar-refractivity contribution in [3.05, 3.63) is 0 Å². The Bertz CT molecular complexity index is 338. The summed E-state index contributed by atoms with van der Waals surface area (Å²) in [5.41, 5.74) is 5.51. The van der Waals surface area contributed by atoms with E-state index in [0.29, 0.717) is 18.0 Å². The molecule has 0 spiro atoms. The molecule has 2 fully saturated rings. The van der Waals surface area contributed by atoms with Crippen LogP contribution in [0.15, 0.2) is 0 Å². The van der Waals surface area contributed by atoms with Crippen LogP contribution in [-0.4, -0.2) is 59.8 Å². The Kier molecular flexibility index (Phi) is 4.59. The maximum Gasteiger partial charge on any atom is 0.410 e. The van der Waals surface area contributed by atoms with Crippen molar-refractivity contribution in [1.29, 1.82) is 0 Å². The van der Waals surface area contributed by atoms with Gasteiger partial charge in [0.1, 0.15) is 5.60 Å². The number of likely N-dealkylation sites (tertiary alicyclic amines) is 2. The van der Waals surface area contributed by atoms with Crippen LogP contribution >= 0.6 is 0 Å². The minimum absolute atomic E-state index is 0.173. The number of nitrogens with zero attached hydrogens (tertiary/aromatic N) is 2. The van der Waals surface area contributed by atoms with E-state index in [1.165, 1.54) is 0 Å². The second-order valence-electron chi connectivity index (χ2n) is 7.27. The first kappa shape index (κ1) is 15.6. The number of hydrogen-bond acceptors (Lipinski definition) is 4. The van der Waals surface area contributed by atoms with Crippen molar-refractivity contribution in [3.63, 3.8) is 0 Å². The minimum atomic E-state index is -0.407. The molecule has 0 aliphatic carbocycles. The maximum atomic E-state index is 12.0. The lowest BCUT2D eigenvalue weighted by molar-refractivity contribution is -0.00588. The molecule has 0 aromatic rings. The Labute approximate surface area is 122 Å². The van der Waals surface area contributed by atoms with Crippen LogP contribution in [0.5, 0.6) is 0 Å². The molecule has 20 heavy (non-hydrogen) atoms. The van der Waals surface area contributed by atoms with E-state index in [2.05, 4.69) is 11.8 Å². The summed E-state index contributed by atoms with van der Waals surface area (Å²) in [4.78, 5) is 16.3. The smallest absolute Gasteiger partial charge is 0.410 e. The largest absolute Gasteiger partial charge is 0.444 e. The van der Waals surface area contributed by atoms with E-state index in [9.17, 15) is 4.79 Å². The summed E-state index contributed by atoms with van der Waals surface area (Å²) in [6, 6.07) is 0.914. The van der Waals surface area contributed by atoms with Gasteiger partial charge in [-0.1, -0.05) is 0 Å². The van der Waals surface area contributed by atoms with Gasteiger partial charge in [0.2, 0.25) is 0 Å². The molecule has 2 N–H and O–H groups in total. The number of carbonyl (C=O) groups excluding carboxylic acids is 1. The number of carbonyl (C=O) groups is 1. The lowest BCUT2D eigenvalue weighted by atomic mass is 9.89. The van der Waals surface area contributed by atoms with E-state index in [1.807, 2.05) is 25.7 Å². The van der Waals surface area contributed by atoms with Gasteiger partial charge in [-0.15, -0.1) is 0 Å². The minimum Gasteiger partial charge on any atom is -0.444 e. The molecule has 116 valence electrons. The highest BCUT2D eigenvalue weighted by atomic mass is 16.6. The van der Waals surface area contributed by atoms with Gasteiger partial charge < -0.3 is 15.4 Å². The molecule has 0 bridgehead atoms. The molecule has 2 aliphatic heterocycles. The molecule has 2 heterocycles. The van der Waals surface area contributed by atoms with Crippen LogP contribution in [0.1, 0.15) is 40.5 Å². The number of amides is 1. The van der Waals surface area contributed by atoms with Crippen molar-refractivity contribution >= 4 is 6.09 Å². The quantitative estimate of drug-likeness (QED) is 0.837. The molecule has 5 heteroatoms.